The van der Waals surface area contributed by atoms with E-state index in [1.165, 1.54) is 0 Å². The molecule has 0 aromatic heterocycles. The van der Waals surface area contributed by atoms with E-state index in [2.05, 4.69) is 0 Å². The highest BCUT2D eigenvalue weighted by atomic mass is 16.4. The van der Waals surface area contributed by atoms with Crippen molar-refractivity contribution in [2.24, 2.45) is 0 Å². The first-order valence-corrected chi connectivity index (χ1v) is 5.81. The molecule has 1 aromatic carbocycles. The van der Waals surface area contributed by atoms with Gasteiger partial charge in [-0.15, -0.1) is 0 Å². The molecule has 2 rings (SSSR count). The molecule has 1 saturated heterocycles. The number of imide groups is 1. The Morgan fingerprint density at radius 1 is 1.21 bits per heavy atom. The lowest BCUT2D eigenvalue weighted by atomic mass is 9.88. The summed E-state index contributed by atoms with van der Waals surface area (Å²) in [5.41, 5.74) is -1.00. The van der Waals surface area contributed by atoms with E-state index in [-0.39, 0.29) is 19.3 Å². The zero-order valence-electron chi connectivity index (χ0n) is 10.1. The van der Waals surface area contributed by atoms with Crippen molar-refractivity contribution < 1.29 is 24.6 Å². The van der Waals surface area contributed by atoms with E-state index in [0.717, 1.165) is 0 Å². The summed E-state index contributed by atoms with van der Waals surface area (Å²) in [5, 5.41) is 18.5. The predicted molar refractivity (Wildman–Crippen MR) is 64.6 cm³/mol. The first-order valence-electron chi connectivity index (χ1n) is 5.81. The minimum atomic E-state index is -1.69. The molecular weight excluding hydrogens is 250 g/mol. The summed E-state index contributed by atoms with van der Waals surface area (Å²) >= 11 is 0. The van der Waals surface area contributed by atoms with Crippen LogP contribution in [0.25, 0.3) is 0 Å². The molecule has 1 aromatic rings. The van der Waals surface area contributed by atoms with E-state index < -0.39 is 23.5 Å². The fraction of sp³-hybridized carbons (Fsp3) is 0.308. The second-order valence-corrected chi connectivity index (χ2v) is 4.51. The van der Waals surface area contributed by atoms with Gasteiger partial charge >= 0.3 is 12.1 Å². The molecule has 0 spiro atoms. The summed E-state index contributed by atoms with van der Waals surface area (Å²) in [4.78, 5) is 34.8. The first kappa shape index (κ1) is 13.1. The summed E-state index contributed by atoms with van der Waals surface area (Å²) < 4.78 is 0. The molecule has 6 heteroatoms. The molecule has 1 atom stereocenters. The molecule has 1 aliphatic heterocycles. The number of carbonyl (C=O) groups excluding carboxylic acids is 1. The predicted octanol–water partition coefficient (Wildman–Crippen LogP) is 1.35. The van der Waals surface area contributed by atoms with Gasteiger partial charge in [0, 0.05) is 12.8 Å². The van der Waals surface area contributed by atoms with Gasteiger partial charge in [-0.05, 0) is 12.0 Å². The number of benzene rings is 1. The van der Waals surface area contributed by atoms with Crippen LogP contribution in [0.2, 0.25) is 0 Å². The lowest BCUT2D eigenvalue weighted by Crippen LogP contribution is -2.55. The van der Waals surface area contributed by atoms with E-state index in [0.29, 0.717) is 10.5 Å². The van der Waals surface area contributed by atoms with Gasteiger partial charge in [-0.1, -0.05) is 30.3 Å². The lowest BCUT2D eigenvalue weighted by Gasteiger charge is -2.31. The van der Waals surface area contributed by atoms with Gasteiger partial charge in [-0.2, -0.15) is 0 Å². The van der Waals surface area contributed by atoms with E-state index >= 15 is 0 Å². The number of nitrogens with zero attached hydrogens (tertiary/aromatic N) is 1. The number of rotatable bonds is 3. The molecule has 1 fully saturated rings. The summed E-state index contributed by atoms with van der Waals surface area (Å²) in [7, 11) is 0. The minimum Gasteiger partial charge on any atom is -0.479 e. The third kappa shape index (κ3) is 2.16. The highest BCUT2D eigenvalue weighted by Crippen LogP contribution is 2.34. The van der Waals surface area contributed by atoms with Crippen LogP contribution in [0.5, 0.6) is 0 Å². The molecule has 0 aliphatic carbocycles. The van der Waals surface area contributed by atoms with E-state index in [1.807, 2.05) is 0 Å². The van der Waals surface area contributed by atoms with Gasteiger partial charge in [-0.3, -0.25) is 4.79 Å². The number of carbonyl (C=O) groups is 3. The number of hydrogen-bond donors (Lipinski definition) is 2. The summed E-state index contributed by atoms with van der Waals surface area (Å²) in [6.45, 7) is 0. The second kappa shape index (κ2) is 4.72. The molecule has 0 radical (unpaired) electrons. The van der Waals surface area contributed by atoms with Gasteiger partial charge in [0.25, 0.3) is 0 Å². The normalized spacial score (nSPS) is 22.5. The minimum absolute atomic E-state index is 0.00234. The topological polar surface area (TPSA) is 94.9 Å². The summed E-state index contributed by atoms with van der Waals surface area (Å²) in [6, 6.07) is 8.70. The number of likely N-dealkylation sites (tertiary alicyclic amines) is 1. The molecule has 1 heterocycles. The van der Waals surface area contributed by atoms with Crippen LogP contribution in [0.4, 0.5) is 4.79 Å². The average molecular weight is 263 g/mol. The van der Waals surface area contributed by atoms with Crippen molar-refractivity contribution in [3.05, 3.63) is 35.9 Å². The van der Waals surface area contributed by atoms with Gasteiger partial charge in [-0.25, -0.2) is 14.5 Å². The molecule has 19 heavy (non-hydrogen) atoms. The van der Waals surface area contributed by atoms with Crippen LogP contribution in [-0.4, -0.2) is 38.6 Å². The van der Waals surface area contributed by atoms with Gasteiger partial charge in [0.2, 0.25) is 5.91 Å². The Morgan fingerprint density at radius 3 is 2.37 bits per heavy atom. The number of aliphatic carboxylic acids is 1. The quantitative estimate of drug-likeness (QED) is 0.858. The lowest BCUT2D eigenvalue weighted by molar-refractivity contribution is -0.152. The van der Waals surface area contributed by atoms with Crippen molar-refractivity contribution in [1.29, 1.82) is 0 Å². The molecule has 0 bridgehead atoms. The van der Waals surface area contributed by atoms with Gasteiger partial charge in [0.1, 0.15) is 0 Å². The Labute approximate surface area is 109 Å². The van der Waals surface area contributed by atoms with E-state index in [1.54, 1.807) is 30.3 Å². The van der Waals surface area contributed by atoms with E-state index in [9.17, 15) is 19.5 Å². The van der Waals surface area contributed by atoms with Crippen LogP contribution in [0.3, 0.4) is 0 Å². The zero-order chi connectivity index (χ0) is 14.0. The second-order valence-electron chi connectivity index (χ2n) is 4.51. The third-order valence-electron chi connectivity index (χ3n) is 3.36. The Balaban J connectivity index is 2.41. The monoisotopic (exact) mass is 263 g/mol. The van der Waals surface area contributed by atoms with Crippen molar-refractivity contribution >= 4 is 18.0 Å². The van der Waals surface area contributed by atoms with E-state index in [4.69, 9.17) is 5.11 Å². The number of amides is 2. The SMILES string of the molecule is O=C(O)N1C(=O)CCC1(Cc1ccccc1)C(=O)O. The molecule has 2 N–H and O–H groups in total. The van der Waals surface area contributed by atoms with Gasteiger partial charge in [0.15, 0.2) is 5.54 Å². The maximum atomic E-state index is 11.6. The molecule has 1 unspecified atom stereocenters. The number of carboxylic acid groups (broad SMARTS) is 2. The standard InChI is InChI=1S/C13H13NO5/c15-10-6-7-13(11(16)17,14(10)12(18)19)8-9-4-2-1-3-5-9/h1-5H,6-8H2,(H,16,17)(H,18,19). The van der Waals surface area contributed by atoms with Gasteiger partial charge < -0.3 is 10.2 Å². The van der Waals surface area contributed by atoms with Crippen LogP contribution in [0, 0.1) is 0 Å². The highest BCUT2D eigenvalue weighted by molar-refractivity contribution is 6.01. The maximum Gasteiger partial charge on any atom is 0.415 e. The van der Waals surface area contributed by atoms with Crippen molar-refractivity contribution in [2.45, 2.75) is 24.8 Å². The number of carboxylic acids is 1. The van der Waals surface area contributed by atoms with Crippen molar-refractivity contribution in [1.82, 2.24) is 4.90 Å². The highest BCUT2D eigenvalue weighted by Gasteiger charge is 2.54. The van der Waals surface area contributed by atoms with Crippen molar-refractivity contribution in [3.63, 3.8) is 0 Å². The van der Waals surface area contributed by atoms with Crippen molar-refractivity contribution in [2.75, 3.05) is 0 Å². The molecule has 100 valence electrons. The number of hydrogen-bond acceptors (Lipinski definition) is 3. The fourth-order valence-corrected chi connectivity index (χ4v) is 2.44. The molecule has 6 nitrogen and oxygen atoms in total. The Bertz CT molecular complexity index is 527. The smallest absolute Gasteiger partial charge is 0.415 e. The Hall–Kier alpha value is -2.37. The Morgan fingerprint density at radius 2 is 1.84 bits per heavy atom. The van der Waals surface area contributed by atoms with Crippen LogP contribution >= 0.6 is 0 Å². The molecule has 0 saturated carbocycles. The largest absolute Gasteiger partial charge is 0.479 e. The zero-order valence-corrected chi connectivity index (χ0v) is 10.1. The van der Waals surface area contributed by atoms with Crippen LogP contribution in [0.1, 0.15) is 18.4 Å². The van der Waals surface area contributed by atoms with Crippen LogP contribution < -0.4 is 0 Å². The first-order chi connectivity index (χ1) is 8.97. The third-order valence-corrected chi connectivity index (χ3v) is 3.36. The summed E-state index contributed by atoms with van der Waals surface area (Å²) in [6.07, 6.45) is -1.59. The maximum absolute atomic E-state index is 11.6. The van der Waals surface area contributed by atoms with Crippen molar-refractivity contribution in [3.8, 4) is 0 Å². The van der Waals surface area contributed by atoms with Gasteiger partial charge in [0.05, 0.1) is 0 Å². The molecule has 2 amide bonds. The molecule has 1 aliphatic rings. The average Bonchev–Trinajstić information content (AvgIpc) is 2.69. The summed E-state index contributed by atoms with van der Waals surface area (Å²) in [5.74, 6) is -1.95. The molecular formula is C13H13NO5. The van der Waals surface area contributed by atoms with Crippen LogP contribution in [-0.2, 0) is 16.0 Å². The Kier molecular flexibility index (Phi) is 3.25. The fourth-order valence-electron chi connectivity index (χ4n) is 2.44. The van der Waals surface area contributed by atoms with Crippen LogP contribution in [0.15, 0.2) is 30.3 Å².